The van der Waals surface area contributed by atoms with E-state index in [0.717, 1.165) is 16.5 Å². The fourth-order valence-corrected chi connectivity index (χ4v) is 2.10. The largest absolute Gasteiger partial charge is 0.483 e. The van der Waals surface area contributed by atoms with E-state index in [1.54, 1.807) is 6.20 Å². The number of aromatic nitrogens is 1. The molecule has 0 saturated carbocycles. The molecule has 110 valence electrons. The smallest absolute Gasteiger partial charge is 0.277 e. The van der Waals surface area contributed by atoms with Crippen LogP contribution in [0.25, 0.3) is 10.8 Å². The van der Waals surface area contributed by atoms with Gasteiger partial charge in [0, 0.05) is 11.6 Å². The van der Waals surface area contributed by atoms with Gasteiger partial charge in [0.2, 0.25) is 0 Å². The van der Waals surface area contributed by atoms with Crippen LogP contribution in [0.15, 0.2) is 65.9 Å². The van der Waals surface area contributed by atoms with Crippen molar-refractivity contribution in [3.8, 4) is 5.75 Å². The minimum atomic E-state index is -0.309. The van der Waals surface area contributed by atoms with E-state index < -0.39 is 0 Å². The molecule has 0 saturated heterocycles. The molecule has 0 unspecified atom stereocenters. The minimum absolute atomic E-state index is 0.0872. The van der Waals surface area contributed by atoms with Crippen LogP contribution in [0.2, 0.25) is 0 Å². The van der Waals surface area contributed by atoms with Crippen molar-refractivity contribution in [2.75, 3.05) is 6.61 Å². The number of carbonyl (C=O) groups excluding carboxylic acids is 1. The van der Waals surface area contributed by atoms with Crippen LogP contribution < -0.4 is 10.2 Å². The number of carbonyl (C=O) groups is 1. The van der Waals surface area contributed by atoms with Gasteiger partial charge in [0.05, 0.1) is 11.9 Å². The van der Waals surface area contributed by atoms with Crippen LogP contribution in [0.1, 0.15) is 5.69 Å². The van der Waals surface area contributed by atoms with E-state index in [2.05, 4.69) is 15.5 Å². The van der Waals surface area contributed by atoms with Crippen molar-refractivity contribution in [2.24, 2.45) is 5.10 Å². The molecule has 3 rings (SSSR count). The van der Waals surface area contributed by atoms with E-state index in [1.807, 2.05) is 54.6 Å². The first-order chi connectivity index (χ1) is 10.8. The number of nitrogens with one attached hydrogen (secondary N) is 2. The summed E-state index contributed by atoms with van der Waals surface area (Å²) in [5.41, 5.74) is 3.24. The average molecular weight is 293 g/mol. The Bertz CT molecular complexity index is 789. The molecule has 1 aromatic heterocycles. The van der Waals surface area contributed by atoms with Crippen LogP contribution in [0, 0.1) is 0 Å². The monoisotopic (exact) mass is 293 g/mol. The van der Waals surface area contributed by atoms with Crippen molar-refractivity contribution in [1.29, 1.82) is 0 Å². The van der Waals surface area contributed by atoms with Gasteiger partial charge in [0.1, 0.15) is 5.75 Å². The third kappa shape index (κ3) is 3.32. The van der Waals surface area contributed by atoms with E-state index >= 15 is 0 Å². The molecule has 0 spiro atoms. The molecule has 22 heavy (non-hydrogen) atoms. The average Bonchev–Trinajstić information content (AvgIpc) is 3.06. The Hall–Kier alpha value is -3.08. The molecule has 0 radical (unpaired) electrons. The second kappa shape index (κ2) is 6.58. The Labute approximate surface area is 127 Å². The number of hydrogen-bond donors (Lipinski definition) is 2. The normalized spacial score (nSPS) is 10.9. The maximum absolute atomic E-state index is 11.7. The topological polar surface area (TPSA) is 66.5 Å². The number of aromatic amines is 1. The molecule has 2 aromatic carbocycles. The molecule has 0 fully saturated rings. The van der Waals surface area contributed by atoms with Gasteiger partial charge in [-0.05, 0) is 23.6 Å². The molecule has 5 heteroatoms. The maximum Gasteiger partial charge on any atom is 0.277 e. The van der Waals surface area contributed by atoms with Gasteiger partial charge in [-0.2, -0.15) is 5.10 Å². The van der Waals surface area contributed by atoms with Gasteiger partial charge in [-0.3, -0.25) is 4.79 Å². The van der Waals surface area contributed by atoms with Gasteiger partial charge >= 0.3 is 0 Å². The number of hydrogen-bond acceptors (Lipinski definition) is 3. The van der Waals surface area contributed by atoms with Gasteiger partial charge in [-0.1, -0.05) is 36.4 Å². The van der Waals surface area contributed by atoms with Crippen LogP contribution in [0.3, 0.4) is 0 Å². The lowest BCUT2D eigenvalue weighted by Gasteiger charge is -2.08. The highest BCUT2D eigenvalue weighted by Crippen LogP contribution is 2.24. The van der Waals surface area contributed by atoms with E-state index in [0.29, 0.717) is 5.75 Å². The number of benzene rings is 2. The third-order valence-corrected chi connectivity index (χ3v) is 3.12. The lowest BCUT2D eigenvalue weighted by Crippen LogP contribution is -2.24. The van der Waals surface area contributed by atoms with Crippen LogP contribution in [0.5, 0.6) is 5.75 Å². The fourth-order valence-electron chi connectivity index (χ4n) is 2.10. The standard InChI is InChI=1S/C17H15N3O2/c21-17(20-19-11-14-7-4-10-18-14)12-22-16-9-3-6-13-5-1-2-8-15(13)16/h1-11,18H,12H2,(H,20,21). The SMILES string of the molecule is O=C(COc1cccc2ccccc12)NN=Cc1ccc[nH]1. The summed E-state index contributed by atoms with van der Waals surface area (Å²) in [6.45, 7) is -0.0872. The number of ether oxygens (including phenoxy) is 1. The zero-order valence-corrected chi connectivity index (χ0v) is 11.8. The molecule has 0 aliphatic carbocycles. The second-order valence-electron chi connectivity index (χ2n) is 4.68. The molecule has 1 amide bonds. The Kier molecular flexibility index (Phi) is 4.15. The van der Waals surface area contributed by atoms with E-state index in [4.69, 9.17) is 4.74 Å². The number of rotatable bonds is 5. The summed E-state index contributed by atoms with van der Waals surface area (Å²) in [4.78, 5) is 14.7. The van der Waals surface area contributed by atoms with Crippen molar-refractivity contribution >= 4 is 22.9 Å². The summed E-state index contributed by atoms with van der Waals surface area (Å²) in [6, 6.07) is 17.3. The molecule has 0 aliphatic heterocycles. The highest BCUT2D eigenvalue weighted by Gasteiger charge is 2.04. The number of amides is 1. The molecular formula is C17H15N3O2. The summed E-state index contributed by atoms with van der Waals surface area (Å²) in [7, 11) is 0. The quantitative estimate of drug-likeness (QED) is 0.561. The maximum atomic E-state index is 11.7. The third-order valence-electron chi connectivity index (χ3n) is 3.12. The molecule has 1 heterocycles. The van der Waals surface area contributed by atoms with Crippen LogP contribution >= 0.6 is 0 Å². The lowest BCUT2D eigenvalue weighted by molar-refractivity contribution is -0.123. The van der Waals surface area contributed by atoms with Crippen molar-refractivity contribution in [1.82, 2.24) is 10.4 Å². The molecule has 0 bridgehead atoms. The number of hydrazone groups is 1. The summed E-state index contributed by atoms with van der Waals surface area (Å²) < 4.78 is 5.58. The van der Waals surface area contributed by atoms with Gasteiger partial charge in [-0.25, -0.2) is 5.43 Å². The Morgan fingerprint density at radius 3 is 2.86 bits per heavy atom. The van der Waals surface area contributed by atoms with Gasteiger partial charge < -0.3 is 9.72 Å². The summed E-state index contributed by atoms with van der Waals surface area (Å²) in [5, 5.41) is 5.91. The van der Waals surface area contributed by atoms with Crippen molar-refractivity contribution in [2.45, 2.75) is 0 Å². The van der Waals surface area contributed by atoms with Gasteiger partial charge in [-0.15, -0.1) is 0 Å². The highest BCUT2D eigenvalue weighted by molar-refractivity contribution is 5.88. The second-order valence-corrected chi connectivity index (χ2v) is 4.68. The molecule has 3 aromatic rings. The summed E-state index contributed by atoms with van der Waals surface area (Å²) in [6.07, 6.45) is 3.32. The van der Waals surface area contributed by atoms with Crippen molar-refractivity contribution < 1.29 is 9.53 Å². The minimum Gasteiger partial charge on any atom is -0.483 e. The molecular weight excluding hydrogens is 278 g/mol. The molecule has 2 N–H and O–H groups in total. The number of fused-ring (bicyclic) bond motifs is 1. The first kappa shape index (κ1) is 13.9. The van der Waals surface area contributed by atoms with Gasteiger partial charge in [0.25, 0.3) is 5.91 Å². The first-order valence-corrected chi connectivity index (χ1v) is 6.89. The van der Waals surface area contributed by atoms with Crippen molar-refractivity contribution in [3.63, 3.8) is 0 Å². The summed E-state index contributed by atoms with van der Waals surface area (Å²) >= 11 is 0. The predicted octanol–water partition coefficient (Wildman–Crippen LogP) is 2.70. The van der Waals surface area contributed by atoms with Crippen LogP contribution in [-0.2, 0) is 4.79 Å². The van der Waals surface area contributed by atoms with Gasteiger partial charge in [0.15, 0.2) is 6.61 Å². The molecule has 5 nitrogen and oxygen atoms in total. The predicted molar refractivity (Wildman–Crippen MR) is 86.0 cm³/mol. The lowest BCUT2D eigenvalue weighted by atomic mass is 10.1. The fraction of sp³-hybridized carbons (Fsp3) is 0.0588. The summed E-state index contributed by atoms with van der Waals surface area (Å²) in [5.74, 6) is 0.373. The molecule has 0 atom stereocenters. The van der Waals surface area contributed by atoms with Crippen molar-refractivity contribution in [3.05, 3.63) is 66.5 Å². The highest BCUT2D eigenvalue weighted by atomic mass is 16.5. The Balaban J connectivity index is 1.58. The Morgan fingerprint density at radius 2 is 2.00 bits per heavy atom. The number of H-pyrrole nitrogens is 1. The molecule has 0 aliphatic rings. The van der Waals surface area contributed by atoms with E-state index in [9.17, 15) is 4.79 Å². The Morgan fingerprint density at radius 1 is 1.14 bits per heavy atom. The zero-order valence-electron chi connectivity index (χ0n) is 11.8. The van der Waals surface area contributed by atoms with Crippen LogP contribution in [-0.4, -0.2) is 23.7 Å². The van der Waals surface area contributed by atoms with Crippen LogP contribution in [0.4, 0.5) is 0 Å². The zero-order chi connectivity index (χ0) is 15.2. The van der Waals surface area contributed by atoms with E-state index in [1.165, 1.54) is 6.21 Å². The van der Waals surface area contributed by atoms with E-state index in [-0.39, 0.29) is 12.5 Å². The first-order valence-electron chi connectivity index (χ1n) is 6.89. The number of nitrogens with zero attached hydrogens (tertiary/aromatic N) is 1.